The lowest BCUT2D eigenvalue weighted by Crippen LogP contribution is -2.39. The van der Waals surface area contributed by atoms with Crippen molar-refractivity contribution in [1.29, 1.82) is 0 Å². The number of aliphatic imine (C=N–C) groups is 1. The molecule has 1 atom stereocenters. The quantitative estimate of drug-likeness (QED) is 0.237. The molecule has 0 aliphatic heterocycles. The van der Waals surface area contributed by atoms with Crippen LogP contribution in [0.4, 0.5) is 0 Å². The van der Waals surface area contributed by atoms with Crippen molar-refractivity contribution in [3.8, 4) is 0 Å². The van der Waals surface area contributed by atoms with Gasteiger partial charge in [0.2, 0.25) is 0 Å². The van der Waals surface area contributed by atoms with Crippen LogP contribution >= 0.6 is 35.7 Å². The molecule has 0 aliphatic rings. The molecule has 1 amide bonds. The molecular weight excluding hydrogens is 471 g/mol. The van der Waals surface area contributed by atoms with Gasteiger partial charge in [0.25, 0.3) is 5.91 Å². The summed E-state index contributed by atoms with van der Waals surface area (Å²) < 4.78 is 0. The number of guanidine groups is 1. The standard InChI is InChI=1S/C20H26N4OS.HI/c1-15(26-18-10-5-4-6-11-18)13-23-20(22-3)24-14-16-8-7-9-17(12-16)19(25)21-2;/h4-12,15H,13-14H2,1-3H3,(H,21,25)(H2,22,23,24);1H. The largest absolute Gasteiger partial charge is 0.355 e. The van der Waals surface area contributed by atoms with E-state index in [-0.39, 0.29) is 29.9 Å². The fourth-order valence-corrected chi connectivity index (χ4v) is 3.33. The van der Waals surface area contributed by atoms with Gasteiger partial charge in [0.05, 0.1) is 0 Å². The van der Waals surface area contributed by atoms with Gasteiger partial charge in [0, 0.05) is 42.9 Å². The predicted molar refractivity (Wildman–Crippen MR) is 125 cm³/mol. The molecule has 7 heteroatoms. The number of nitrogens with zero attached hydrogens (tertiary/aromatic N) is 1. The van der Waals surface area contributed by atoms with Gasteiger partial charge in [0.1, 0.15) is 0 Å². The average Bonchev–Trinajstić information content (AvgIpc) is 2.68. The first-order valence-corrected chi connectivity index (χ1v) is 9.47. The smallest absolute Gasteiger partial charge is 0.251 e. The van der Waals surface area contributed by atoms with Gasteiger partial charge in [0.15, 0.2) is 5.96 Å². The summed E-state index contributed by atoms with van der Waals surface area (Å²) in [5.41, 5.74) is 1.68. The van der Waals surface area contributed by atoms with Crippen molar-refractivity contribution in [3.63, 3.8) is 0 Å². The lowest BCUT2D eigenvalue weighted by molar-refractivity contribution is 0.0963. The third-order valence-corrected chi connectivity index (χ3v) is 4.85. The molecule has 3 N–H and O–H groups in total. The van der Waals surface area contributed by atoms with Crippen molar-refractivity contribution in [3.05, 3.63) is 65.7 Å². The second kappa shape index (κ2) is 12.6. The summed E-state index contributed by atoms with van der Waals surface area (Å²) in [6.07, 6.45) is 0. The van der Waals surface area contributed by atoms with Gasteiger partial charge >= 0.3 is 0 Å². The number of rotatable bonds is 7. The maximum atomic E-state index is 11.7. The van der Waals surface area contributed by atoms with Crippen molar-refractivity contribution < 1.29 is 4.79 Å². The fraction of sp³-hybridized carbons (Fsp3) is 0.300. The zero-order valence-electron chi connectivity index (χ0n) is 15.9. The van der Waals surface area contributed by atoms with E-state index in [0.717, 1.165) is 18.1 Å². The van der Waals surface area contributed by atoms with E-state index in [2.05, 4.69) is 52.1 Å². The van der Waals surface area contributed by atoms with Gasteiger partial charge in [-0.25, -0.2) is 0 Å². The molecule has 0 bridgehead atoms. The molecule has 0 aliphatic carbocycles. The fourth-order valence-electron chi connectivity index (χ4n) is 2.39. The third-order valence-electron chi connectivity index (χ3n) is 3.74. The highest BCUT2D eigenvalue weighted by atomic mass is 127. The Bertz CT molecular complexity index is 740. The third kappa shape index (κ3) is 8.21. The highest BCUT2D eigenvalue weighted by molar-refractivity contribution is 14.0. The molecule has 0 saturated heterocycles. The Morgan fingerprint density at radius 2 is 1.85 bits per heavy atom. The van der Waals surface area contributed by atoms with Crippen LogP contribution in [0.5, 0.6) is 0 Å². The van der Waals surface area contributed by atoms with Crippen LogP contribution in [0.15, 0.2) is 64.5 Å². The maximum absolute atomic E-state index is 11.7. The highest BCUT2D eigenvalue weighted by Gasteiger charge is 2.07. The number of amides is 1. The van der Waals surface area contributed by atoms with Crippen LogP contribution in [-0.2, 0) is 6.54 Å². The van der Waals surface area contributed by atoms with Crippen molar-refractivity contribution in [2.75, 3.05) is 20.6 Å². The van der Waals surface area contributed by atoms with Crippen LogP contribution in [0.25, 0.3) is 0 Å². The Morgan fingerprint density at radius 1 is 1.11 bits per heavy atom. The zero-order chi connectivity index (χ0) is 18.8. The molecule has 27 heavy (non-hydrogen) atoms. The van der Waals surface area contributed by atoms with Gasteiger partial charge < -0.3 is 16.0 Å². The van der Waals surface area contributed by atoms with Gasteiger partial charge in [-0.2, -0.15) is 0 Å². The first-order valence-electron chi connectivity index (χ1n) is 8.59. The van der Waals surface area contributed by atoms with Crippen molar-refractivity contribution >= 4 is 47.6 Å². The molecule has 2 aromatic rings. The van der Waals surface area contributed by atoms with E-state index in [9.17, 15) is 4.79 Å². The molecule has 1 unspecified atom stereocenters. The number of halogens is 1. The summed E-state index contributed by atoms with van der Waals surface area (Å²) in [5.74, 6) is 0.664. The van der Waals surface area contributed by atoms with Gasteiger partial charge in [-0.05, 0) is 29.8 Å². The number of carbonyl (C=O) groups is 1. The lowest BCUT2D eigenvalue weighted by atomic mass is 10.1. The maximum Gasteiger partial charge on any atom is 0.251 e. The second-order valence-electron chi connectivity index (χ2n) is 5.83. The monoisotopic (exact) mass is 498 g/mol. The second-order valence-corrected chi connectivity index (χ2v) is 7.34. The average molecular weight is 498 g/mol. The first-order chi connectivity index (χ1) is 12.6. The molecule has 2 aromatic carbocycles. The summed E-state index contributed by atoms with van der Waals surface area (Å²) in [6.45, 7) is 3.59. The van der Waals surface area contributed by atoms with Crippen molar-refractivity contribution in [2.45, 2.75) is 23.6 Å². The van der Waals surface area contributed by atoms with Crippen LogP contribution in [0.2, 0.25) is 0 Å². The molecule has 146 valence electrons. The molecule has 0 fully saturated rings. The van der Waals surface area contributed by atoms with E-state index in [4.69, 9.17) is 0 Å². The van der Waals surface area contributed by atoms with Crippen molar-refractivity contribution in [2.24, 2.45) is 4.99 Å². The minimum Gasteiger partial charge on any atom is -0.355 e. The predicted octanol–water partition coefficient (Wildman–Crippen LogP) is 3.51. The summed E-state index contributed by atoms with van der Waals surface area (Å²) in [7, 11) is 3.39. The molecule has 0 aromatic heterocycles. The Hall–Kier alpha value is -1.74. The van der Waals surface area contributed by atoms with Crippen LogP contribution < -0.4 is 16.0 Å². The number of hydrogen-bond donors (Lipinski definition) is 3. The minimum absolute atomic E-state index is 0. The normalized spacial score (nSPS) is 11.9. The first kappa shape index (κ1) is 23.3. The van der Waals surface area contributed by atoms with E-state index in [1.165, 1.54) is 4.90 Å². The number of thioether (sulfide) groups is 1. The van der Waals surface area contributed by atoms with E-state index in [1.807, 2.05) is 36.0 Å². The Labute approximate surface area is 182 Å². The number of carbonyl (C=O) groups excluding carboxylic acids is 1. The molecular formula is C20H27IN4OS. The molecule has 5 nitrogen and oxygen atoms in total. The van der Waals surface area contributed by atoms with Crippen LogP contribution in [0.1, 0.15) is 22.8 Å². The summed E-state index contributed by atoms with van der Waals surface area (Å²) >= 11 is 1.83. The van der Waals surface area contributed by atoms with Crippen LogP contribution in [0.3, 0.4) is 0 Å². The van der Waals surface area contributed by atoms with E-state index in [0.29, 0.717) is 17.4 Å². The van der Waals surface area contributed by atoms with E-state index < -0.39 is 0 Å². The summed E-state index contributed by atoms with van der Waals surface area (Å²) in [5, 5.41) is 9.68. The molecule has 2 rings (SSSR count). The lowest BCUT2D eigenvalue weighted by Gasteiger charge is -2.16. The van der Waals surface area contributed by atoms with E-state index >= 15 is 0 Å². The highest BCUT2D eigenvalue weighted by Crippen LogP contribution is 2.21. The van der Waals surface area contributed by atoms with Crippen LogP contribution in [0, 0.1) is 0 Å². The molecule has 0 spiro atoms. The number of hydrogen-bond acceptors (Lipinski definition) is 3. The minimum atomic E-state index is -0.0823. The Balaban J connectivity index is 0.00000364. The zero-order valence-corrected chi connectivity index (χ0v) is 19.0. The topological polar surface area (TPSA) is 65.5 Å². The molecule has 0 radical (unpaired) electrons. The summed E-state index contributed by atoms with van der Waals surface area (Å²) in [6, 6.07) is 17.9. The Morgan fingerprint density at radius 3 is 2.52 bits per heavy atom. The molecule has 0 saturated carbocycles. The van der Waals surface area contributed by atoms with Gasteiger partial charge in [-0.3, -0.25) is 9.79 Å². The van der Waals surface area contributed by atoms with Crippen molar-refractivity contribution in [1.82, 2.24) is 16.0 Å². The van der Waals surface area contributed by atoms with Crippen LogP contribution in [-0.4, -0.2) is 37.8 Å². The SMILES string of the molecule is CN=C(NCc1cccc(C(=O)NC)c1)NCC(C)Sc1ccccc1.I. The summed E-state index contributed by atoms with van der Waals surface area (Å²) in [4.78, 5) is 17.2. The van der Waals surface area contributed by atoms with Gasteiger partial charge in [-0.15, -0.1) is 35.7 Å². The van der Waals surface area contributed by atoms with Gasteiger partial charge in [-0.1, -0.05) is 37.3 Å². The number of benzene rings is 2. The Kier molecular flexibility index (Phi) is 10.9. The molecule has 0 heterocycles. The number of nitrogens with one attached hydrogen (secondary N) is 3. The van der Waals surface area contributed by atoms with E-state index in [1.54, 1.807) is 20.2 Å².